The maximum atomic E-state index is 12.9. The number of hydrogen-bond acceptors (Lipinski definition) is 4. The molecule has 0 unspecified atom stereocenters. The van der Waals surface area contributed by atoms with E-state index in [9.17, 15) is 13.2 Å². The molecule has 2 aromatic rings. The molecular weight excluding hydrogens is 362 g/mol. The first-order chi connectivity index (χ1) is 12.6. The highest BCUT2D eigenvalue weighted by Gasteiger charge is 2.17. The van der Waals surface area contributed by atoms with E-state index in [0.29, 0.717) is 24.6 Å². The molecule has 0 aromatic heterocycles. The Morgan fingerprint density at radius 1 is 1.04 bits per heavy atom. The normalized spacial score (nSPS) is 11.4. The Balaban J connectivity index is 2.16. The lowest BCUT2D eigenvalue weighted by Crippen LogP contribution is -2.32. The lowest BCUT2D eigenvalue weighted by Gasteiger charge is -2.24. The van der Waals surface area contributed by atoms with Gasteiger partial charge in [0.05, 0.1) is 6.26 Å². The van der Waals surface area contributed by atoms with Gasteiger partial charge in [0.2, 0.25) is 0 Å². The van der Waals surface area contributed by atoms with Gasteiger partial charge in [0.25, 0.3) is 5.91 Å². The van der Waals surface area contributed by atoms with E-state index in [-0.39, 0.29) is 11.7 Å². The topological polar surface area (TPSA) is 63.7 Å². The Morgan fingerprint density at radius 2 is 1.63 bits per heavy atom. The fraction of sp³-hybridized carbons (Fsp3) is 0.381. The third kappa shape index (κ3) is 7.06. The average Bonchev–Trinajstić information content (AvgIpc) is 2.58. The number of rotatable bonds is 8. The van der Waals surface area contributed by atoms with Gasteiger partial charge in [-0.25, -0.2) is 0 Å². The van der Waals surface area contributed by atoms with Gasteiger partial charge >= 0.3 is 10.1 Å². The number of nitrogens with zero attached hydrogens (tertiary/aromatic N) is 1. The summed E-state index contributed by atoms with van der Waals surface area (Å²) in [6.07, 6.45) is 1.92. The molecule has 146 valence electrons. The van der Waals surface area contributed by atoms with Crippen LogP contribution in [0.1, 0.15) is 41.8 Å². The minimum absolute atomic E-state index is 0.00730. The minimum atomic E-state index is -3.55. The molecule has 0 aliphatic carbocycles. The molecule has 2 rings (SSSR count). The number of hydrogen-bond donors (Lipinski definition) is 0. The lowest BCUT2D eigenvalue weighted by atomic mass is 10.1. The van der Waals surface area contributed by atoms with E-state index >= 15 is 0 Å². The molecule has 5 nitrogen and oxygen atoms in total. The van der Waals surface area contributed by atoms with Crippen LogP contribution in [0.4, 0.5) is 0 Å². The Labute approximate surface area is 162 Å². The van der Waals surface area contributed by atoms with Gasteiger partial charge in [0.15, 0.2) is 0 Å². The van der Waals surface area contributed by atoms with Gasteiger partial charge in [-0.15, -0.1) is 0 Å². The molecule has 27 heavy (non-hydrogen) atoms. The van der Waals surface area contributed by atoms with Crippen LogP contribution in [0.25, 0.3) is 0 Å². The minimum Gasteiger partial charge on any atom is -0.383 e. The van der Waals surface area contributed by atoms with E-state index in [0.717, 1.165) is 23.8 Å². The number of carbonyl (C=O) groups excluding carboxylic acids is 1. The number of carbonyl (C=O) groups is 1. The Bertz CT molecular complexity index is 856. The van der Waals surface area contributed by atoms with Crippen molar-refractivity contribution in [3.63, 3.8) is 0 Å². The van der Waals surface area contributed by atoms with Crippen molar-refractivity contribution in [3.8, 4) is 5.75 Å². The molecule has 0 heterocycles. The maximum absolute atomic E-state index is 12.9. The fourth-order valence-electron chi connectivity index (χ4n) is 2.59. The maximum Gasteiger partial charge on any atom is 0.306 e. The molecule has 0 radical (unpaired) electrons. The summed E-state index contributed by atoms with van der Waals surface area (Å²) in [5.41, 5.74) is 2.70. The van der Waals surface area contributed by atoms with Crippen LogP contribution in [-0.2, 0) is 16.7 Å². The fourth-order valence-corrected chi connectivity index (χ4v) is 3.05. The van der Waals surface area contributed by atoms with Gasteiger partial charge in [0, 0.05) is 18.7 Å². The molecule has 6 heteroatoms. The van der Waals surface area contributed by atoms with Crippen LogP contribution in [0.2, 0.25) is 0 Å². The highest BCUT2D eigenvalue weighted by atomic mass is 32.2. The number of benzene rings is 2. The van der Waals surface area contributed by atoms with Gasteiger partial charge in [-0.05, 0) is 49.1 Å². The van der Waals surface area contributed by atoms with E-state index in [2.05, 4.69) is 13.8 Å². The van der Waals surface area contributed by atoms with Crippen LogP contribution in [0.5, 0.6) is 5.75 Å². The number of amides is 1. The van der Waals surface area contributed by atoms with E-state index in [4.69, 9.17) is 4.18 Å². The first-order valence-electron chi connectivity index (χ1n) is 8.98. The van der Waals surface area contributed by atoms with E-state index in [1.807, 2.05) is 36.1 Å². The molecule has 0 aliphatic rings. The lowest BCUT2D eigenvalue weighted by molar-refractivity contribution is 0.0735. The molecule has 0 bridgehead atoms. The van der Waals surface area contributed by atoms with Crippen LogP contribution < -0.4 is 4.18 Å². The van der Waals surface area contributed by atoms with Crippen LogP contribution in [0, 0.1) is 12.8 Å². The summed E-state index contributed by atoms with van der Waals surface area (Å²) in [7, 11) is -3.55. The molecule has 0 aliphatic heterocycles. The molecule has 0 atom stereocenters. The third-order valence-corrected chi connectivity index (χ3v) is 4.60. The largest absolute Gasteiger partial charge is 0.383 e. The summed E-state index contributed by atoms with van der Waals surface area (Å²) in [5, 5.41) is 0. The summed E-state index contributed by atoms with van der Waals surface area (Å²) in [6, 6.07) is 14.3. The summed E-state index contributed by atoms with van der Waals surface area (Å²) in [6.45, 7) is 7.37. The van der Waals surface area contributed by atoms with Gasteiger partial charge in [0.1, 0.15) is 5.75 Å². The molecule has 2 aromatic carbocycles. The second-order valence-corrected chi connectivity index (χ2v) is 8.78. The zero-order valence-corrected chi connectivity index (χ0v) is 17.1. The molecule has 0 fully saturated rings. The van der Waals surface area contributed by atoms with Gasteiger partial charge in [-0.2, -0.15) is 8.42 Å². The predicted molar refractivity (Wildman–Crippen MR) is 107 cm³/mol. The Morgan fingerprint density at radius 3 is 2.15 bits per heavy atom. The van der Waals surface area contributed by atoms with Crippen LogP contribution in [0.15, 0.2) is 48.5 Å². The highest BCUT2D eigenvalue weighted by Crippen LogP contribution is 2.17. The zero-order valence-electron chi connectivity index (χ0n) is 16.3. The molecule has 0 saturated carbocycles. The van der Waals surface area contributed by atoms with Gasteiger partial charge in [-0.1, -0.05) is 43.7 Å². The second-order valence-electron chi connectivity index (χ2n) is 7.21. The van der Waals surface area contributed by atoms with Crippen LogP contribution in [-0.4, -0.2) is 32.0 Å². The Kier molecular flexibility index (Phi) is 7.02. The summed E-state index contributed by atoms with van der Waals surface area (Å²) in [5.74, 6) is 0.746. The van der Waals surface area contributed by atoms with Crippen molar-refractivity contribution in [2.75, 3.05) is 12.8 Å². The average molecular weight is 390 g/mol. The first kappa shape index (κ1) is 21.0. The molecule has 0 spiro atoms. The Hall–Kier alpha value is -2.34. The van der Waals surface area contributed by atoms with Crippen molar-refractivity contribution in [2.45, 2.75) is 33.7 Å². The first-order valence-corrected chi connectivity index (χ1v) is 10.8. The molecule has 0 N–H and O–H groups in total. The van der Waals surface area contributed by atoms with Crippen molar-refractivity contribution >= 4 is 16.0 Å². The summed E-state index contributed by atoms with van der Waals surface area (Å²) >= 11 is 0. The summed E-state index contributed by atoms with van der Waals surface area (Å²) < 4.78 is 27.3. The van der Waals surface area contributed by atoms with Gasteiger partial charge in [-0.3, -0.25) is 4.79 Å². The zero-order chi connectivity index (χ0) is 20.0. The molecule has 1 amide bonds. The van der Waals surface area contributed by atoms with Crippen molar-refractivity contribution in [3.05, 3.63) is 65.2 Å². The summed E-state index contributed by atoms with van der Waals surface area (Å²) in [4.78, 5) is 14.8. The SMILES string of the molecule is Cc1ccc(C(=O)N(CCC(C)C)Cc2ccc(OS(C)(=O)=O)cc2)cc1. The van der Waals surface area contributed by atoms with Crippen molar-refractivity contribution in [2.24, 2.45) is 5.92 Å². The quantitative estimate of drug-likeness (QED) is 0.640. The van der Waals surface area contributed by atoms with E-state index in [1.165, 1.54) is 0 Å². The van der Waals surface area contributed by atoms with Gasteiger partial charge < -0.3 is 9.08 Å². The second kappa shape index (κ2) is 9.04. The molecular formula is C21H27NO4S. The van der Waals surface area contributed by atoms with Crippen molar-refractivity contribution in [1.82, 2.24) is 4.90 Å². The molecule has 0 saturated heterocycles. The standard InChI is InChI=1S/C21H27NO4S/c1-16(2)13-14-22(21(23)19-9-5-17(3)6-10-19)15-18-7-11-20(12-8-18)26-27(4,24)25/h5-12,16H,13-15H2,1-4H3. The van der Waals surface area contributed by atoms with Crippen molar-refractivity contribution in [1.29, 1.82) is 0 Å². The number of aryl methyl sites for hydroxylation is 1. The van der Waals surface area contributed by atoms with Crippen LogP contribution >= 0.6 is 0 Å². The highest BCUT2D eigenvalue weighted by molar-refractivity contribution is 7.86. The monoisotopic (exact) mass is 389 g/mol. The van der Waals surface area contributed by atoms with E-state index in [1.54, 1.807) is 24.3 Å². The van der Waals surface area contributed by atoms with Crippen molar-refractivity contribution < 1.29 is 17.4 Å². The van der Waals surface area contributed by atoms with Crippen LogP contribution in [0.3, 0.4) is 0 Å². The third-order valence-electron chi connectivity index (χ3n) is 4.11. The predicted octanol–water partition coefficient (Wildman–Crippen LogP) is 4.02. The van der Waals surface area contributed by atoms with E-state index < -0.39 is 10.1 Å². The smallest absolute Gasteiger partial charge is 0.306 e.